The van der Waals surface area contributed by atoms with Gasteiger partial charge in [-0.15, -0.1) is 5.10 Å². The molecule has 2 rings (SSSR count). The lowest BCUT2D eigenvalue weighted by Gasteiger charge is -2.08. The standard InChI is InChI=1S/C11H15N5OS/c1-8(2)13-11(17)12-5-9-6-16(15-14-9)10-3-4-18-7-10/h3-4,6-8H,5H2,1-2H3,(H2,12,13,17). The highest BCUT2D eigenvalue weighted by Crippen LogP contribution is 2.10. The summed E-state index contributed by atoms with van der Waals surface area (Å²) < 4.78 is 1.69. The highest BCUT2D eigenvalue weighted by Gasteiger charge is 2.06. The van der Waals surface area contributed by atoms with Crippen molar-refractivity contribution in [3.8, 4) is 5.69 Å². The molecule has 18 heavy (non-hydrogen) atoms. The zero-order valence-electron chi connectivity index (χ0n) is 10.3. The number of rotatable bonds is 4. The molecule has 0 saturated carbocycles. The molecule has 2 aromatic heterocycles. The predicted molar refractivity (Wildman–Crippen MR) is 69.7 cm³/mol. The van der Waals surface area contributed by atoms with Crippen LogP contribution in [0, 0.1) is 0 Å². The number of aromatic nitrogens is 3. The molecule has 96 valence electrons. The molecule has 0 aromatic carbocycles. The van der Waals surface area contributed by atoms with Crippen LogP contribution in [-0.4, -0.2) is 27.1 Å². The molecule has 0 radical (unpaired) electrons. The monoisotopic (exact) mass is 265 g/mol. The van der Waals surface area contributed by atoms with Crippen LogP contribution in [0.1, 0.15) is 19.5 Å². The maximum atomic E-state index is 11.4. The molecule has 2 amide bonds. The van der Waals surface area contributed by atoms with E-state index in [-0.39, 0.29) is 12.1 Å². The van der Waals surface area contributed by atoms with Crippen molar-refractivity contribution in [2.75, 3.05) is 0 Å². The maximum absolute atomic E-state index is 11.4. The third-order valence-corrected chi connectivity index (χ3v) is 2.83. The van der Waals surface area contributed by atoms with Crippen LogP contribution in [0.25, 0.3) is 5.69 Å². The molecule has 7 heteroatoms. The average Bonchev–Trinajstić information content (AvgIpc) is 2.96. The fourth-order valence-corrected chi connectivity index (χ4v) is 2.00. The molecule has 2 aromatic rings. The number of urea groups is 1. The molecule has 6 nitrogen and oxygen atoms in total. The summed E-state index contributed by atoms with van der Waals surface area (Å²) in [5, 5.41) is 17.4. The lowest BCUT2D eigenvalue weighted by atomic mass is 10.4. The van der Waals surface area contributed by atoms with E-state index in [4.69, 9.17) is 0 Å². The highest BCUT2D eigenvalue weighted by molar-refractivity contribution is 7.08. The zero-order valence-corrected chi connectivity index (χ0v) is 11.1. The Kier molecular flexibility index (Phi) is 3.93. The van der Waals surface area contributed by atoms with Crippen molar-refractivity contribution in [2.24, 2.45) is 0 Å². The van der Waals surface area contributed by atoms with E-state index < -0.39 is 0 Å². The number of nitrogens with zero attached hydrogens (tertiary/aromatic N) is 3. The summed E-state index contributed by atoms with van der Waals surface area (Å²) in [6.07, 6.45) is 1.80. The number of nitrogens with one attached hydrogen (secondary N) is 2. The molecule has 0 fully saturated rings. The molecule has 0 atom stereocenters. The number of hydrogen-bond donors (Lipinski definition) is 2. The minimum atomic E-state index is -0.199. The summed E-state index contributed by atoms with van der Waals surface area (Å²) in [5.41, 5.74) is 1.70. The summed E-state index contributed by atoms with van der Waals surface area (Å²) in [6.45, 7) is 4.18. The van der Waals surface area contributed by atoms with Crippen LogP contribution in [0.15, 0.2) is 23.0 Å². The second-order valence-corrected chi connectivity index (χ2v) is 4.90. The number of thiophene rings is 1. The van der Waals surface area contributed by atoms with Gasteiger partial charge >= 0.3 is 6.03 Å². The molecule has 2 N–H and O–H groups in total. The van der Waals surface area contributed by atoms with E-state index in [2.05, 4.69) is 20.9 Å². The Labute approximate surface area is 109 Å². The van der Waals surface area contributed by atoms with Crippen molar-refractivity contribution in [1.82, 2.24) is 25.6 Å². The van der Waals surface area contributed by atoms with Gasteiger partial charge in [-0.2, -0.15) is 11.3 Å². The number of carbonyl (C=O) groups excluding carboxylic acids is 1. The highest BCUT2D eigenvalue weighted by atomic mass is 32.1. The summed E-state index contributed by atoms with van der Waals surface area (Å²) in [7, 11) is 0. The summed E-state index contributed by atoms with van der Waals surface area (Å²) in [4.78, 5) is 11.4. The van der Waals surface area contributed by atoms with Crippen molar-refractivity contribution in [1.29, 1.82) is 0 Å². The van der Waals surface area contributed by atoms with Crippen molar-refractivity contribution in [3.05, 3.63) is 28.7 Å². The molecule has 0 unspecified atom stereocenters. The van der Waals surface area contributed by atoms with Gasteiger partial charge < -0.3 is 10.6 Å². The maximum Gasteiger partial charge on any atom is 0.315 e. The van der Waals surface area contributed by atoms with Gasteiger partial charge in [0.25, 0.3) is 0 Å². The van der Waals surface area contributed by atoms with Gasteiger partial charge in [0, 0.05) is 11.4 Å². The van der Waals surface area contributed by atoms with Crippen LogP contribution in [-0.2, 0) is 6.54 Å². The first-order valence-electron chi connectivity index (χ1n) is 5.63. The van der Waals surface area contributed by atoms with Gasteiger partial charge in [-0.25, -0.2) is 9.48 Å². The Morgan fingerprint density at radius 2 is 2.39 bits per heavy atom. The molecule has 0 saturated heterocycles. The minimum Gasteiger partial charge on any atom is -0.336 e. The van der Waals surface area contributed by atoms with Gasteiger partial charge in [-0.3, -0.25) is 0 Å². The predicted octanol–water partition coefficient (Wildman–Crippen LogP) is 1.54. The Bertz CT molecular complexity index is 505. The molecule has 0 bridgehead atoms. The van der Waals surface area contributed by atoms with Crippen molar-refractivity contribution in [3.63, 3.8) is 0 Å². The Hall–Kier alpha value is -1.89. The zero-order chi connectivity index (χ0) is 13.0. The lowest BCUT2D eigenvalue weighted by Crippen LogP contribution is -2.39. The van der Waals surface area contributed by atoms with E-state index in [0.717, 1.165) is 11.4 Å². The van der Waals surface area contributed by atoms with Crippen LogP contribution >= 0.6 is 11.3 Å². The van der Waals surface area contributed by atoms with E-state index in [1.54, 1.807) is 22.2 Å². The Morgan fingerprint density at radius 3 is 3.06 bits per heavy atom. The molecule has 0 aliphatic carbocycles. The van der Waals surface area contributed by atoms with E-state index in [9.17, 15) is 4.79 Å². The van der Waals surface area contributed by atoms with Crippen molar-refractivity contribution in [2.45, 2.75) is 26.4 Å². The van der Waals surface area contributed by atoms with Gasteiger partial charge in [-0.05, 0) is 25.3 Å². The van der Waals surface area contributed by atoms with E-state index in [1.165, 1.54) is 0 Å². The van der Waals surface area contributed by atoms with Crippen LogP contribution in [0.3, 0.4) is 0 Å². The van der Waals surface area contributed by atoms with E-state index >= 15 is 0 Å². The van der Waals surface area contributed by atoms with Crippen molar-refractivity contribution >= 4 is 17.4 Å². The third kappa shape index (κ3) is 3.30. The van der Waals surface area contributed by atoms with Crippen LogP contribution in [0.5, 0.6) is 0 Å². The fourth-order valence-electron chi connectivity index (χ4n) is 1.38. The summed E-state index contributed by atoms with van der Waals surface area (Å²) >= 11 is 1.60. The van der Waals surface area contributed by atoms with E-state index in [0.29, 0.717) is 6.54 Å². The number of amides is 2. The first-order chi connectivity index (χ1) is 8.65. The smallest absolute Gasteiger partial charge is 0.315 e. The van der Waals surface area contributed by atoms with E-state index in [1.807, 2.05) is 30.7 Å². The SMILES string of the molecule is CC(C)NC(=O)NCc1cn(-c2ccsc2)nn1. The number of carbonyl (C=O) groups is 1. The van der Waals surface area contributed by atoms with Gasteiger partial charge in [0.2, 0.25) is 0 Å². The topological polar surface area (TPSA) is 71.8 Å². The van der Waals surface area contributed by atoms with Crippen LogP contribution in [0.2, 0.25) is 0 Å². The Balaban J connectivity index is 1.89. The molecule has 0 aliphatic rings. The molecule has 0 spiro atoms. The van der Waals surface area contributed by atoms with Gasteiger partial charge in [-0.1, -0.05) is 5.21 Å². The van der Waals surface area contributed by atoms with Gasteiger partial charge in [0.15, 0.2) is 0 Å². The second kappa shape index (κ2) is 5.63. The largest absolute Gasteiger partial charge is 0.336 e. The minimum absolute atomic E-state index is 0.117. The molecular formula is C11H15N5OS. The van der Waals surface area contributed by atoms with Gasteiger partial charge in [0.1, 0.15) is 5.69 Å². The Morgan fingerprint density at radius 1 is 1.56 bits per heavy atom. The average molecular weight is 265 g/mol. The normalized spacial score (nSPS) is 10.6. The first kappa shape index (κ1) is 12.6. The van der Waals surface area contributed by atoms with Gasteiger partial charge in [0.05, 0.1) is 18.4 Å². The third-order valence-electron chi connectivity index (χ3n) is 2.16. The van der Waals surface area contributed by atoms with Crippen LogP contribution in [0.4, 0.5) is 4.79 Å². The summed E-state index contributed by atoms with van der Waals surface area (Å²) in [6, 6.07) is 1.88. The molecule has 0 aliphatic heterocycles. The van der Waals surface area contributed by atoms with Crippen molar-refractivity contribution < 1.29 is 4.79 Å². The summed E-state index contributed by atoms with van der Waals surface area (Å²) in [5.74, 6) is 0. The molecular weight excluding hydrogens is 250 g/mol. The molecule has 2 heterocycles. The fraction of sp³-hybridized carbons (Fsp3) is 0.364. The van der Waals surface area contributed by atoms with Crippen LogP contribution < -0.4 is 10.6 Å². The quantitative estimate of drug-likeness (QED) is 0.880. The first-order valence-corrected chi connectivity index (χ1v) is 6.57. The second-order valence-electron chi connectivity index (χ2n) is 4.12. The lowest BCUT2D eigenvalue weighted by molar-refractivity contribution is 0.238. The number of hydrogen-bond acceptors (Lipinski definition) is 4.